The van der Waals surface area contributed by atoms with Crippen molar-refractivity contribution >= 4 is 12.1 Å². The summed E-state index contributed by atoms with van der Waals surface area (Å²) in [5.74, 6) is -0.356. The quantitative estimate of drug-likeness (QED) is 0.669. The summed E-state index contributed by atoms with van der Waals surface area (Å²) < 4.78 is 16.6. The van der Waals surface area contributed by atoms with E-state index in [1.54, 1.807) is 4.90 Å². The molecule has 2 aliphatic rings. The zero-order chi connectivity index (χ0) is 22.0. The lowest BCUT2D eigenvalue weighted by Gasteiger charge is -2.21. The first-order valence-corrected chi connectivity index (χ1v) is 10.8. The molecule has 1 saturated heterocycles. The normalized spacial score (nSPS) is 17.9. The number of benzene rings is 2. The molecule has 0 bridgehead atoms. The van der Waals surface area contributed by atoms with E-state index in [1.165, 1.54) is 22.3 Å². The van der Waals surface area contributed by atoms with Gasteiger partial charge >= 0.3 is 12.1 Å². The fourth-order valence-electron chi connectivity index (χ4n) is 4.27. The molecule has 2 aromatic carbocycles. The Morgan fingerprint density at radius 2 is 1.61 bits per heavy atom. The van der Waals surface area contributed by atoms with Crippen LogP contribution in [0.25, 0.3) is 11.1 Å². The summed E-state index contributed by atoms with van der Waals surface area (Å²) in [5, 5.41) is 0. The Labute approximate surface area is 183 Å². The Balaban J connectivity index is 1.30. The molecule has 4 rings (SSSR count). The molecular weight excluding hydrogens is 394 g/mol. The van der Waals surface area contributed by atoms with Gasteiger partial charge in [-0.15, -0.1) is 0 Å². The second-order valence-corrected chi connectivity index (χ2v) is 9.06. The molecule has 0 saturated carbocycles. The summed E-state index contributed by atoms with van der Waals surface area (Å²) in [6.45, 7) is 6.61. The van der Waals surface area contributed by atoms with Gasteiger partial charge < -0.3 is 19.1 Å². The van der Waals surface area contributed by atoms with Crippen molar-refractivity contribution in [2.24, 2.45) is 0 Å². The van der Waals surface area contributed by atoms with Gasteiger partial charge in [0, 0.05) is 12.5 Å². The van der Waals surface area contributed by atoms with Crippen LogP contribution < -0.4 is 0 Å². The summed E-state index contributed by atoms with van der Waals surface area (Å²) in [6, 6.07) is 16.5. The van der Waals surface area contributed by atoms with Crippen LogP contribution in [0, 0.1) is 0 Å². The van der Waals surface area contributed by atoms with E-state index in [0.29, 0.717) is 26.1 Å². The number of ether oxygens (including phenoxy) is 3. The molecule has 1 amide bonds. The molecule has 1 aliphatic heterocycles. The molecule has 0 radical (unpaired) electrons. The van der Waals surface area contributed by atoms with E-state index in [1.807, 2.05) is 45.0 Å². The van der Waals surface area contributed by atoms with Crippen LogP contribution in [0.1, 0.15) is 44.2 Å². The molecular formula is C25H29NO5. The summed E-state index contributed by atoms with van der Waals surface area (Å²) >= 11 is 0. The highest BCUT2D eigenvalue weighted by Gasteiger charge is 2.32. The maximum absolute atomic E-state index is 12.7. The monoisotopic (exact) mass is 423 g/mol. The first-order valence-electron chi connectivity index (χ1n) is 10.8. The molecule has 1 unspecified atom stereocenters. The number of carbonyl (C=O) groups excluding carboxylic acids is 2. The van der Waals surface area contributed by atoms with Gasteiger partial charge in [-0.3, -0.25) is 0 Å². The van der Waals surface area contributed by atoms with Crippen molar-refractivity contribution in [3.05, 3.63) is 59.7 Å². The van der Waals surface area contributed by atoms with Crippen molar-refractivity contribution in [1.82, 2.24) is 4.90 Å². The zero-order valence-electron chi connectivity index (χ0n) is 18.3. The van der Waals surface area contributed by atoms with Crippen LogP contribution in [-0.4, -0.2) is 55.0 Å². The van der Waals surface area contributed by atoms with E-state index < -0.39 is 11.6 Å². The third kappa shape index (κ3) is 4.90. The van der Waals surface area contributed by atoms with Gasteiger partial charge in [0.1, 0.15) is 18.8 Å². The van der Waals surface area contributed by atoms with Crippen LogP contribution in [0.4, 0.5) is 4.79 Å². The fourth-order valence-corrected chi connectivity index (χ4v) is 4.27. The van der Waals surface area contributed by atoms with Gasteiger partial charge in [0.2, 0.25) is 0 Å². The van der Waals surface area contributed by atoms with Crippen LogP contribution in [0.2, 0.25) is 0 Å². The summed E-state index contributed by atoms with van der Waals surface area (Å²) in [4.78, 5) is 26.1. The number of fused-ring (bicyclic) bond motifs is 3. The number of rotatable bonds is 5. The third-order valence-corrected chi connectivity index (χ3v) is 5.60. The van der Waals surface area contributed by atoms with Crippen LogP contribution in [0.15, 0.2) is 48.5 Å². The molecule has 1 fully saturated rings. The van der Waals surface area contributed by atoms with Gasteiger partial charge in [0.25, 0.3) is 0 Å². The molecule has 31 heavy (non-hydrogen) atoms. The number of nitrogens with zero attached hydrogens (tertiary/aromatic N) is 1. The van der Waals surface area contributed by atoms with E-state index >= 15 is 0 Å². The lowest BCUT2D eigenvalue weighted by atomic mass is 9.98. The Morgan fingerprint density at radius 3 is 2.23 bits per heavy atom. The van der Waals surface area contributed by atoms with Gasteiger partial charge in [0.05, 0.1) is 12.6 Å². The first-order chi connectivity index (χ1) is 14.8. The van der Waals surface area contributed by atoms with E-state index in [9.17, 15) is 9.59 Å². The van der Waals surface area contributed by atoms with Crippen molar-refractivity contribution in [3.8, 4) is 11.1 Å². The van der Waals surface area contributed by atoms with Crippen LogP contribution >= 0.6 is 0 Å². The predicted molar refractivity (Wildman–Crippen MR) is 117 cm³/mol. The molecule has 0 aromatic heterocycles. The number of carbonyl (C=O) groups is 2. The van der Waals surface area contributed by atoms with Crippen LogP contribution in [0.5, 0.6) is 0 Å². The second kappa shape index (κ2) is 8.71. The lowest BCUT2D eigenvalue weighted by molar-refractivity contribution is -0.162. The highest BCUT2D eigenvalue weighted by Crippen LogP contribution is 2.44. The van der Waals surface area contributed by atoms with Crippen molar-refractivity contribution < 1.29 is 23.8 Å². The number of amides is 1. The topological polar surface area (TPSA) is 65.1 Å². The molecule has 0 spiro atoms. The summed E-state index contributed by atoms with van der Waals surface area (Å²) in [7, 11) is 0. The third-order valence-electron chi connectivity index (χ3n) is 5.60. The Hall–Kier alpha value is -2.86. The smallest absolute Gasteiger partial charge is 0.409 e. The second-order valence-electron chi connectivity index (χ2n) is 9.06. The molecule has 1 atom stereocenters. The standard InChI is InChI=1S/C25H29NO5/c1-25(2,3)31-23(27)16-29-17-12-13-26(14-17)24(28)30-15-22-20-10-6-4-8-18(20)19-9-5-7-11-21(19)22/h4-11,17,22H,12-16H2,1-3H3. The molecule has 1 aliphatic carbocycles. The molecule has 0 N–H and O–H groups in total. The lowest BCUT2D eigenvalue weighted by Crippen LogP contribution is -2.33. The molecule has 6 heteroatoms. The predicted octanol–water partition coefficient (Wildman–Crippen LogP) is 4.37. The zero-order valence-corrected chi connectivity index (χ0v) is 18.3. The summed E-state index contributed by atoms with van der Waals surface area (Å²) in [6.07, 6.45) is 0.144. The maximum atomic E-state index is 12.7. The number of hydrogen-bond donors (Lipinski definition) is 0. The largest absolute Gasteiger partial charge is 0.458 e. The Bertz CT molecular complexity index is 919. The van der Waals surface area contributed by atoms with Crippen LogP contribution in [0.3, 0.4) is 0 Å². The van der Waals surface area contributed by atoms with Gasteiger partial charge in [-0.1, -0.05) is 48.5 Å². The molecule has 164 valence electrons. The van der Waals surface area contributed by atoms with Gasteiger partial charge in [-0.25, -0.2) is 9.59 Å². The summed E-state index contributed by atoms with van der Waals surface area (Å²) in [5.41, 5.74) is 4.25. The minimum atomic E-state index is -0.538. The average Bonchev–Trinajstić information content (AvgIpc) is 3.33. The van der Waals surface area contributed by atoms with Crippen molar-refractivity contribution in [2.75, 3.05) is 26.3 Å². The van der Waals surface area contributed by atoms with Crippen molar-refractivity contribution in [3.63, 3.8) is 0 Å². The molecule has 6 nitrogen and oxygen atoms in total. The number of esters is 1. The molecule has 2 aromatic rings. The minimum Gasteiger partial charge on any atom is -0.458 e. The van der Waals surface area contributed by atoms with E-state index in [4.69, 9.17) is 14.2 Å². The van der Waals surface area contributed by atoms with E-state index in [0.717, 1.165) is 0 Å². The van der Waals surface area contributed by atoms with E-state index in [-0.39, 0.29) is 24.7 Å². The highest BCUT2D eigenvalue weighted by molar-refractivity contribution is 5.79. The number of likely N-dealkylation sites (tertiary alicyclic amines) is 1. The number of hydrogen-bond acceptors (Lipinski definition) is 5. The SMILES string of the molecule is CC(C)(C)OC(=O)COC1CCN(C(=O)OCC2c3ccccc3-c3ccccc32)C1. The van der Waals surface area contributed by atoms with E-state index in [2.05, 4.69) is 24.3 Å². The average molecular weight is 424 g/mol. The van der Waals surface area contributed by atoms with Gasteiger partial charge in [0.15, 0.2) is 0 Å². The van der Waals surface area contributed by atoms with Crippen molar-refractivity contribution in [2.45, 2.75) is 44.8 Å². The van der Waals surface area contributed by atoms with Gasteiger partial charge in [-0.2, -0.15) is 0 Å². The van der Waals surface area contributed by atoms with Gasteiger partial charge in [-0.05, 0) is 49.4 Å². The first kappa shape index (κ1) is 21.4. The molecule has 1 heterocycles. The van der Waals surface area contributed by atoms with Crippen molar-refractivity contribution in [1.29, 1.82) is 0 Å². The minimum absolute atomic E-state index is 0.0400. The highest BCUT2D eigenvalue weighted by atomic mass is 16.6. The Kier molecular flexibility index (Phi) is 6.01. The maximum Gasteiger partial charge on any atom is 0.409 e. The van der Waals surface area contributed by atoms with Crippen LogP contribution in [-0.2, 0) is 19.0 Å². The fraction of sp³-hybridized carbons (Fsp3) is 0.440. The Morgan fingerprint density at radius 1 is 1.00 bits per heavy atom.